The molecule has 1 heterocycles. The summed E-state index contributed by atoms with van der Waals surface area (Å²) in [4.78, 5) is 0. The van der Waals surface area contributed by atoms with Crippen LogP contribution in [0.2, 0.25) is 0 Å². The molecule has 1 aliphatic heterocycles. The van der Waals surface area contributed by atoms with Gasteiger partial charge in [-0.05, 0) is 107 Å². The first kappa shape index (κ1) is 156. The Bertz CT molecular complexity index is 3100. The predicted molar refractivity (Wildman–Crippen MR) is 477 cm³/mol. The van der Waals surface area contributed by atoms with E-state index < -0.39 is 0 Å². The molecule has 118 heavy (non-hydrogen) atoms. The fraction of sp³-hybridized carbons (Fsp3) is 0.467. The van der Waals surface area contributed by atoms with E-state index in [0.29, 0.717) is 41.2 Å². The van der Waals surface area contributed by atoms with Crippen molar-refractivity contribution in [2.75, 3.05) is 11.5 Å². The molecule has 684 valence electrons. The van der Waals surface area contributed by atoms with Gasteiger partial charge in [-0.15, -0.1) is 0 Å². The number of hydrogen-bond acceptors (Lipinski definition) is 2. The Kier molecular flexibility index (Phi) is 99.1. The van der Waals surface area contributed by atoms with Crippen LogP contribution in [0.1, 0.15) is 206 Å². The second kappa shape index (κ2) is 74.8. The number of unbranched alkanes of at least 4 members (excludes halogenated alkanes) is 2. The maximum absolute atomic E-state index is 5.44. The summed E-state index contributed by atoms with van der Waals surface area (Å²) in [5.41, 5.74) is 10.9. The number of rotatable bonds is 12. The van der Waals surface area contributed by atoms with Crippen LogP contribution in [0, 0.1) is 21.6 Å². The minimum Gasteiger partial charge on any atom is -1.00 e. The van der Waals surface area contributed by atoms with E-state index in [-0.39, 0.29) is 235 Å². The predicted octanol–water partition coefficient (Wildman–Crippen LogP) is -8.61. The van der Waals surface area contributed by atoms with Crippen molar-refractivity contribution in [1.82, 2.24) is 0 Å². The summed E-state index contributed by atoms with van der Waals surface area (Å²) in [7, 11) is 2.79. The average molecular weight is 2800 g/mol. The molecule has 9 rings (SSSR count). The van der Waals surface area contributed by atoms with Gasteiger partial charge in [0.1, 0.15) is 0 Å². The molecule has 28 heteroatoms. The van der Waals surface area contributed by atoms with Crippen molar-refractivity contribution in [3.05, 3.63) is 218 Å². The molecule has 0 saturated carbocycles. The molecule has 0 atom stereocenters. The van der Waals surface area contributed by atoms with Crippen LogP contribution in [-0.4, -0.2) is 110 Å². The Morgan fingerprint density at radius 1 is 0.246 bits per heavy atom. The Balaban J connectivity index is -0.0000000752. The summed E-state index contributed by atoms with van der Waals surface area (Å²) < 4.78 is 0.208. The van der Waals surface area contributed by atoms with Gasteiger partial charge in [-0.25, -0.2) is 0 Å². The zero-order valence-electron chi connectivity index (χ0n) is 72.9. The van der Waals surface area contributed by atoms with Gasteiger partial charge in [0.25, 0.3) is 0 Å². The molecule has 0 bridgehead atoms. The van der Waals surface area contributed by atoms with Crippen molar-refractivity contribution in [2.45, 2.75) is 256 Å². The molecule has 8 aromatic rings. The SMILES string of the molecule is CC(C)(C)P(c1ccccc1-c1ccccc1)C(C)(C)C.CC(C)(C)P(c1ccccc1-c1ccccc1)C(C)(C)C.CC(C)(C)P(c1ccccc1-c1ccccc1)C(C)(C)C.CC(C)(C)P(c1ccccc1-c1ccccc1)C(C)(C)C.CCCC[S-].CCCC[S-].ClC1[Cl+]C(Cl)[Cl+]1.[Au+].[Au+].[Au+].[Au+].[F-].[F-].[F-].[F-].[F-].[F-].[F-].[F-].[F-].[F-].[F-].[F-].[Sb+5].[Sb+5]. The quantitative estimate of drug-likeness (QED) is 0.0393. The number of halogens is 16. The van der Waals surface area contributed by atoms with Gasteiger partial charge >= 0.3 is 169 Å². The van der Waals surface area contributed by atoms with Crippen LogP contribution in [0.15, 0.2) is 218 Å². The van der Waals surface area contributed by atoms with Crippen molar-refractivity contribution in [2.24, 2.45) is 0 Å². The Hall–Kier alpha value is 1.10. The molecule has 8 aromatic carbocycles. The number of benzene rings is 8. The van der Waals surface area contributed by atoms with Gasteiger partial charge < -0.3 is 81.7 Å². The molecule has 0 unspecified atom stereocenters. The molecular weight excluding hydrogens is 2670 g/mol. The van der Waals surface area contributed by atoms with Crippen molar-refractivity contribution in [3.8, 4) is 44.5 Å². The minimum atomic E-state index is -0.282. The zero-order valence-corrected chi connectivity index (χ0v) is 94.9. The van der Waals surface area contributed by atoms with Gasteiger partial charge in [0, 0.05) is 23.2 Å². The summed E-state index contributed by atoms with van der Waals surface area (Å²) in [6.07, 6.45) is 4.89. The van der Waals surface area contributed by atoms with Crippen molar-refractivity contribution >= 4 is 150 Å². The first-order valence-corrected chi connectivity index (χ1v) is 45.1. The molecule has 0 nitrogen and oxygen atoms in total. The Morgan fingerprint density at radius 3 is 0.466 bits per heavy atom. The maximum Gasteiger partial charge on any atom is 5.00 e. The van der Waals surface area contributed by atoms with Crippen LogP contribution in [-0.2, 0) is 115 Å². The second-order valence-corrected chi connectivity index (χ2v) is 53.7. The molecule has 0 N–H and O–H groups in total. The van der Waals surface area contributed by atoms with Gasteiger partial charge in [0.15, 0.2) is 0 Å². The largest absolute Gasteiger partial charge is 5.00 e. The topological polar surface area (TPSA) is 0 Å². The third-order valence-electron chi connectivity index (χ3n) is 15.7. The smallest absolute Gasteiger partial charge is 1.00 e. The van der Waals surface area contributed by atoms with Gasteiger partial charge in [-0.2, -0.15) is 11.5 Å². The Morgan fingerprint density at radius 2 is 0.373 bits per heavy atom. The molecule has 1 fully saturated rings. The normalized spacial score (nSPS) is 12.1. The summed E-state index contributed by atoms with van der Waals surface area (Å²) in [5.74, 6) is 1.85. The van der Waals surface area contributed by atoms with Crippen LogP contribution in [0.4, 0.5) is 0 Å². The van der Waals surface area contributed by atoms with Crippen molar-refractivity contribution in [3.63, 3.8) is 0 Å². The average Bonchev–Trinajstić information content (AvgIpc) is 0.796. The standard InChI is InChI=1S/4C20H27P.2C4H10S.C2H2Cl4.4Au.12FH.2Sb/c4*1-19(2,3)21(20(4,5)6)18-15-11-10-14-17(18)16-12-8-7-9-13-16;2*1-2-3-4-5;3-1-5-2(4)6-1;;;;;;;;;;;;;;;;;;/h4*7-15H,1-6H3;2*5H,2-4H2,1H3;1-2H;;;;;12*1H;;/q;;;;;;+2;4*+1;;;;;;;;;;;;;2*+5/p-14. The number of alkyl halides is 6. The van der Waals surface area contributed by atoms with Crippen LogP contribution in [0.3, 0.4) is 0 Å². The second-order valence-electron chi connectivity index (χ2n) is 33.1. The Labute approximate surface area is 837 Å². The summed E-state index contributed by atoms with van der Waals surface area (Å²) in [6.45, 7) is 61.4. The zero-order chi connectivity index (χ0) is 75.5. The van der Waals surface area contributed by atoms with E-state index in [1.165, 1.54) is 91.4 Å². The van der Waals surface area contributed by atoms with Crippen LogP contribution in [0.5, 0.6) is 0 Å². The molecule has 0 amide bonds. The van der Waals surface area contributed by atoms with E-state index in [9.17, 15) is 0 Å². The van der Waals surface area contributed by atoms with E-state index >= 15 is 0 Å². The molecule has 0 spiro atoms. The fourth-order valence-corrected chi connectivity index (χ4v) is 33.8. The molecule has 1 saturated heterocycles. The molecular formula is C90H128Au4Cl4F12P4S2Sb2+2. The fourth-order valence-electron chi connectivity index (χ4n) is 13.5. The third-order valence-corrected chi connectivity index (χ3v) is 33.5. The van der Waals surface area contributed by atoms with Crippen LogP contribution < -0.4 is 77.7 Å². The van der Waals surface area contributed by atoms with E-state index in [4.69, 9.17) is 23.2 Å². The maximum atomic E-state index is 5.44. The molecule has 0 aromatic heterocycles. The molecule has 1 aliphatic rings. The monoisotopic (exact) mass is 2790 g/mol. The van der Waals surface area contributed by atoms with Crippen LogP contribution in [0.25, 0.3) is 44.5 Å². The summed E-state index contributed by atoms with van der Waals surface area (Å²) in [6, 6.07) is 79.0. The first-order chi connectivity index (χ1) is 46.5. The number of hydrogen-bond donors (Lipinski definition) is 0. The summed E-state index contributed by atoms with van der Waals surface area (Å²) >= 11 is 20.2. The van der Waals surface area contributed by atoms with E-state index in [1.54, 1.807) is 0 Å². The third kappa shape index (κ3) is 55.2. The minimum absolute atomic E-state index is 0. The first-order valence-electron chi connectivity index (χ1n) is 35.9. The van der Waals surface area contributed by atoms with Crippen LogP contribution >= 0.6 is 54.9 Å². The van der Waals surface area contributed by atoms with Gasteiger partial charge in [0.2, 0.25) is 0 Å². The molecule has 0 radical (unpaired) electrons. The van der Waals surface area contributed by atoms with Gasteiger partial charge in [-0.3, -0.25) is 0 Å². The van der Waals surface area contributed by atoms with Crippen molar-refractivity contribution in [1.29, 1.82) is 0 Å². The summed E-state index contributed by atoms with van der Waals surface area (Å²) in [5, 5.41) is 8.43. The van der Waals surface area contributed by atoms with Gasteiger partial charge in [-0.1, -0.05) is 456 Å². The van der Waals surface area contributed by atoms with E-state index in [0.717, 1.165) is 11.5 Å². The van der Waals surface area contributed by atoms with Gasteiger partial charge in [0.05, 0.1) is 0 Å². The van der Waals surface area contributed by atoms with Crippen molar-refractivity contribution < 1.29 is 168 Å². The molecule has 0 aliphatic carbocycles. The van der Waals surface area contributed by atoms with E-state index in [2.05, 4.69) is 424 Å². The van der Waals surface area contributed by atoms with E-state index in [1.807, 2.05) is 21.6 Å².